The number of anilines is 1. The molecule has 1 aliphatic heterocycles. The van der Waals surface area contributed by atoms with Crippen molar-refractivity contribution in [2.24, 2.45) is 0 Å². The number of carbonyl (C=O) groups is 2. The van der Waals surface area contributed by atoms with Crippen molar-refractivity contribution in [3.63, 3.8) is 0 Å². The summed E-state index contributed by atoms with van der Waals surface area (Å²) in [6.07, 6.45) is 0. The van der Waals surface area contributed by atoms with E-state index in [1.165, 1.54) is 16.7 Å². The molecule has 2 aromatic carbocycles. The number of aryl methyl sites for hydroxylation is 2. The van der Waals surface area contributed by atoms with Crippen LogP contribution < -0.4 is 5.32 Å². The summed E-state index contributed by atoms with van der Waals surface area (Å²) in [7, 11) is 1.97. The fraction of sp³-hybridized carbons (Fsp3) is 0.391. The van der Waals surface area contributed by atoms with E-state index in [2.05, 4.69) is 42.3 Å². The van der Waals surface area contributed by atoms with E-state index in [1.54, 1.807) is 4.90 Å². The largest absolute Gasteiger partial charge is 0.338 e. The number of rotatable bonds is 5. The summed E-state index contributed by atoms with van der Waals surface area (Å²) in [6, 6.07) is 15.7. The molecule has 1 N–H and O–H groups in total. The van der Waals surface area contributed by atoms with Gasteiger partial charge in [0.15, 0.2) is 0 Å². The Balaban J connectivity index is 1.45. The zero-order chi connectivity index (χ0) is 20.8. The summed E-state index contributed by atoms with van der Waals surface area (Å²) in [6.45, 7) is 7.55. The summed E-state index contributed by atoms with van der Waals surface area (Å²) in [5.41, 5.74) is 4.53. The molecule has 0 unspecified atom stereocenters. The van der Waals surface area contributed by atoms with Gasteiger partial charge in [0.1, 0.15) is 0 Å². The minimum Gasteiger partial charge on any atom is -0.338 e. The lowest BCUT2D eigenvalue weighted by atomic mass is 10.1. The lowest BCUT2D eigenvalue weighted by Crippen LogP contribution is -2.53. The molecule has 0 aliphatic carbocycles. The van der Waals surface area contributed by atoms with Crippen molar-refractivity contribution in [3.05, 3.63) is 65.2 Å². The minimum absolute atomic E-state index is 0.111. The quantitative estimate of drug-likeness (QED) is 0.848. The number of carbonyl (C=O) groups excluding carboxylic acids is 2. The maximum atomic E-state index is 12.7. The number of amides is 3. The highest BCUT2D eigenvalue weighted by atomic mass is 16.2. The number of piperazine rings is 1. The Morgan fingerprint density at radius 3 is 2.28 bits per heavy atom. The smallest absolute Gasteiger partial charge is 0.321 e. The average molecular weight is 395 g/mol. The van der Waals surface area contributed by atoms with Crippen LogP contribution in [0.5, 0.6) is 0 Å². The van der Waals surface area contributed by atoms with Gasteiger partial charge in [0, 0.05) is 38.4 Å². The van der Waals surface area contributed by atoms with E-state index in [0.717, 1.165) is 12.2 Å². The summed E-state index contributed by atoms with van der Waals surface area (Å²) < 4.78 is 0. The molecule has 6 heteroatoms. The van der Waals surface area contributed by atoms with Crippen LogP contribution in [0.4, 0.5) is 10.5 Å². The molecule has 0 saturated carbocycles. The second-order valence-electron chi connectivity index (χ2n) is 7.77. The van der Waals surface area contributed by atoms with Crippen LogP contribution >= 0.6 is 0 Å². The summed E-state index contributed by atoms with van der Waals surface area (Å²) in [5, 5.41) is 2.90. The molecular weight excluding hydrogens is 364 g/mol. The van der Waals surface area contributed by atoms with Crippen molar-refractivity contribution in [2.45, 2.75) is 20.4 Å². The molecule has 3 amide bonds. The van der Waals surface area contributed by atoms with Crippen LogP contribution in [0, 0.1) is 13.8 Å². The first-order chi connectivity index (χ1) is 13.9. The van der Waals surface area contributed by atoms with Gasteiger partial charge < -0.3 is 15.1 Å². The standard InChI is InChI=1S/C23H30N4O2/c1-18-9-10-20(19(2)15-18)16-25(3)17-22(28)26-11-13-27(14-12-26)23(29)24-21-7-5-4-6-8-21/h4-10,15H,11-14,16-17H2,1-3H3,(H,24,29). The maximum absolute atomic E-state index is 12.7. The maximum Gasteiger partial charge on any atom is 0.321 e. The monoisotopic (exact) mass is 394 g/mol. The van der Waals surface area contributed by atoms with E-state index < -0.39 is 0 Å². The molecule has 0 bridgehead atoms. The average Bonchev–Trinajstić information content (AvgIpc) is 2.71. The van der Waals surface area contributed by atoms with Gasteiger partial charge >= 0.3 is 6.03 Å². The number of nitrogens with zero attached hydrogens (tertiary/aromatic N) is 3. The first kappa shape index (κ1) is 20.9. The van der Waals surface area contributed by atoms with Crippen molar-refractivity contribution >= 4 is 17.6 Å². The molecular formula is C23H30N4O2. The molecule has 6 nitrogen and oxygen atoms in total. The van der Waals surface area contributed by atoms with Gasteiger partial charge in [-0.3, -0.25) is 9.69 Å². The first-order valence-electron chi connectivity index (χ1n) is 10.1. The second kappa shape index (κ2) is 9.56. The lowest BCUT2D eigenvalue weighted by Gasteiger charge is -2.35. The van der Waals surface area contributed by atoms with Crippen LogP contribution in [0.3, 0.4) is 0 Å². The third-order valence-corrected chi connectivity index (χ3v) is 5.29. The molecule has 3 rings (SSSR count). The van der Waals surface area contributed by atoms with Gasteiger partial charge in [0.25, 0.3) is 0 Å². The van der Waals surface area contributed by atoms with Gasteiger partial charge in [0.2, 0.25) is 5.91 Å². The zero-order valence-corrected chi connectivity index (χ0v) is 17.5. The Morgan fingerprint density at radius 1 is 0.966 bits per heavy atom. The van der Waals surface area contributed by atoms with Crippen LogP contribution in [0.25, 0.3) is 0 Å². The van der Waals surface area contributed by atoms with Crippen molar-refractivity contribution in [1.82, 2.24) is 14.7 Å². The number of hydrogen-bond donors (Lipinski definition) is 1. The summed E-state index contributed by atoms with van der Waals surface area (Å²) in [5.74, 6) is 0.111. The van der Waals surface area contributed by atoms with Crippen molar-refractivity contribution in [2.75, 3.05) is 45.1 Å². The van der Waals surface area contributed by atoms with E-state index in [9.17, 15) is 9.59 Å². The molecule has 1 heterocycles. The van der Waals surface area contributed by atoms with Crippen molar-refractivity contribution in [1.29, 1.82) is 0 Å². The van der Waals surface area contributed by atoms with Gasteiger partial charge in [-0.2, -0.15) is 0 Å². The Labute approximate surface area is 173 Å². The Morgan fingerprint density at radius 2 is 1.62 bits per heavy atom. The fourth-order valence-electron chi connectivity index (χ4n) is 3.58. The SMILES string of the molecule is Cc1ccc(CN(C)CC(=O)N2CCN(C(=O)Nc3ccccc3)CC2)c(C)c1. The van der Waals surface area contributed by atoms with E-state index in [-0.39, 0.29) is 11.9 Å². The first-order valence-corrected chi connectivity index (χ1v) is 10.1. The Hall–Kier alpha value is -2.86. The van der Waals surface area contributed by atoms with Crippen LogP contribution in [0.2, 0.25) is 0 Å². The highest BCUT2D eigenvalue weighted by molar-refractivity contribution is 5.89. The van der Waals surface area contributed by atoms with Gasteiger partial charge in [0.05, 0.1) is 6.54 Å². The zero-order valence-electron chi connectivity index (χ0n) is 17.5. The van der Waals surface area contributed by atoms with E-state index in [1.807, 2.05) is 42.3 Å². The molecule has 1 saturated heterocycles. The van der Waals surface area contributed by atoms with E-state index in [0.29, 0.717) is 32.7 Å². The van der Waals surface area contributed by atoms with Crippen LogP contribution in [-0.4, -0.2) is 66.4 Å². The predicted molar refractivity (Wildman–Crippen MR) is 116 cm³/mol. The van der Waals surface area contributed by atoms with Gasteiger partial charge in [-0.15, -0.1) is 0 Å². The van der Waals surface area contributed by atoms with Crippen molar-refractivity contribution in [3.8, 4) is 0 Å². The predicted octanol–water partition coefficient (Wildman–Crippen LogP) is 3.11. The molecule has 0 spiro atoms. The minimum atomic E-state index is -0.115. The van der Waals surface area contributed by atoms with Crippen molar-refractivity contribution < 1.29 is 9.59 Å². The second-order valence-corrected chi connectivity index (χ2v) is 7.77. The number of nitrogens with one attached hydrogen (secondary N) is 1. The number of likely N-dealkylation sites (N-methyl/N-ethyl adjacent to an activating group) is 1. The highest BCUT2D eigenvalue weighted by Gasteiger charge is 2.24. The molecule has 0 radical (unpaired) electrons. The molecule has 0 atom stereocenters. The lowest BCUT2D eigenvalue weighted by molar-refractivity contribution is -0.133. The molecule has 154 valence electrons. The van der Waals surface area contributed by atoms with Crippen LogP contribution in [-0.2, 0) is 11.3 Å². The molecule has 1 aliphatic rings. The molecule has 1 fully saturated rings. The number of hydrogen-bond acceptors (Lipinski definition) is 3. The van der Waals surface area contributed by atoms with Gasteiger partial charge in [-0.1, -0.05) is 42.0 Å². The summed E-state index contributed by atoms with van der Waals surface area (Å²) >= 11 is 0. The normalized spacial score (nSPS) is 14.2. The summed E-state index contributed by atoms with van der Waals surface area (Å²) in [4.78, 5) is 30.7. The van der Waals surface area contributed by atoms with Gasteiger partial charge in [-0.25, -0.2) is 4.79 Å². The topological polar surface area (TPSA) is 55.9 Å². The van der Waals surface area contributed by atoms with Crippen LogP contribution in [0.1, 0.15) is 16.7 Å². The fourth-order valence-corrected chi connectivity index (χ4v) is 3.58. The third-order valence-electron chi connectivity index (χ3n) is 5.29. The number of benzene rings is 2. The van der Waals surface area contributed by atoms with E-state index in [4.69, 9.17) is 0 Å². The molecule has 29 heavy (non-hydrogen) atoms. The third kappa shape index (κ3) is 5.81. The Bertz CT molecular complexity index is 845. The number of para-hydroxylation sites is 1. The number of urea groups is 1. The highest BCUT2D eigenvalue weighted by Crippen LogP contribution is 2.13. The molecule has 2 aromatic rings. The van der Waals surface area contributed by atoms with E-state index >= 15 is 0 Å². The van der Waals surface area contributed by atoms with Gasteiger partial charge in [-0.05, 0) is 44.2 Å². The molecule has 0 aromatic heterocycles. The Kier molecular flexibility index (Phi) is 6.88. The van der Waals surface area contributed by atoms with Crippen LogP contribution in [0.15, 0.2) is 48.5 Å².